The number of carbonyl (C=O) groups is 1. The van der Waals surface area contributed by atoms with Gasteiger partial charge in [-0.2, -0.15) is 0 Å². The van der Waals surface area contributed by atoms with Crippen LogP contribution >= 0.6 is 27.3 Å². The second kappa shape index (κ2) is 5.98. The van der Waals surface area contributed by atoms with Crippen LogP contribution in [0.3, 0.4) is 0 Å². The van der Waals surface area contributed by atoms with Crippen molar-refractivity contribution < 1.29 is 4.79 Å². The molecule has 1 aromatic heterocycles. The molecule has 1 aliphatic heterocycles. The van der Waals surface area contributed by atoms with Gasteiger partial charge >= 0.3 is 0 Å². The number of amides is 1. The summed E-state index contributed by atoms with van der Waals surface area (Å²) in [6, 6.07) is 3.80. The largest absolute Gasteiger partial charge is 0.340 e. The summed E-state index contributed by atoms with van der Waals surface area (Å²) in [7, 11) is 1.88. The Bertz CT molecular complexity index is 388. The van der Waals surface area contributed by atoms with Crippen molar-refractivity contribution in [2.75, 3.05) is 33.2 Å². The topological polar surface area (TPSA) is 23.6 Å². The molecule has 0 aliphatic carbocycles. The van der Waals surface area contributed by atoms with Crippen LogP contribution in [0, 0.1) is 0 Å². The van der Waals surface area contributed by atoms with Crippen LogP contribution in [0.2, 0.25) is 0 Å². The first-order valence-electron chi connectivity index (χ1n) is 5.90. The second-order valence-corrected chi connectivity index (χ2v) is 6.84. The van der Waals surface area contributed by atoms with Gasteiger partial charge in [-0.1, -0.05) is 0 Å². The van der Waals surface area contributed by atoms with E-state index in [0.29, 0.717) is 0 Å². The summed E-state index contributed by atoms with van der Waals surface area (Å²) in [4.78, 5) is 17.1. The Kier molecular flexibility index (Phi) is 4.59. The number of carbonyl (C=O) groups excluding carboxylic acids is 1. The van der Waals surface area contributed by atoms with Crippen molar-refractivity contribution in [3.8, 4) is 0 Å². The molecular formula is C12H17BrN2OS. The summed E-state index contributed by atoms with van der Waals surface area (Å²) in [5.41, 5.74) is 0. The van der Waals surface area contributed by atoms with Gasteiger partial charge in [-0.3, -0.25) is 4.79 Å². The van der Waals surface area contributed by atoms with Gasteiger partial charge in [0.2, 0.25) is 0 Å². The Morgan fingerprint density at radius 2 is 2.18 bits per heavy atom. The van der Waals surface area contributed by atoms with Crippen LogP contribution in [0.4, 0.5) is 0 Å². The van der Waals surface area contributed by atoms with E-state index in [2.05, 4.69) is 20.8 Å². The minimum absolute atomic E-state index is 0.125. The molecule has 1 amide bonds. The summed E-state index contributed by atoms with van der Waals surface area (Å²) >= 11 is 4.88. The summed E-state index contributed by atoms with van der Waals surface area (Å²) in [5, 5.41) is 0. The van der Waals surface area contributed by atoms with E-state index in [0.717, 1.165) is 21.8 Å². The van der Waals surface area contributed by atoms with E-state index >= 15 is 0 Å². The molecule has 3 nitrogen and oxygen atoms in total. The first-order chi connectivity index (χ1) is 8.16. The first kappa shape index (κ1) is 13.1. The molecule has 94 valence electrons. The fraction of sp³-hybridized carbons (Fsp3) is 0.583. The van der Waals surface area contributed by atoms with Crippen LogP contribution in [0.1, 0.15) is 22.5 Å². The minimum atomic E-state index is 0.125. The molecule has 0 radical (unpaired) electrons. The van der Waals surface area contributed by atoms with Crippen molar-refractivity contribution >= 4 is 33.2 Å². The van der Waals surface area contributed by atoms with Crippen LogP contribution in [-0.4, -0.2) is 48.9 Å². The lowest BCUT2D eigenvalue weighted by Crippen LogP contribution is -2.34. The molecule has 0 spiro atoms. The molecule has 1 saturated heterocycles. The Morgan fingerprint density at radius 3 is 2.76 bits per heavy atom. The molecule has 1 aliphatic rings. The van der Waals surface area contributed by atoms with E-state index in [1.807, 2.05) is 24.1 Å². The van der Waals surface area contributed by atoms with Gasteiger partial charge < -0.3 is 9.80 Å². The van der Waals surface area contributed by atoms with Gasteiger partial charge in [0.1, 0.15) is 0 Å². The number of thiophene rings is 1. The van der Waals surface area contributed by atoms with Crippen LogP contribution in [0.15, 0.2) is 15.9 Å². The maximum Gasteiger partial charge on any atom is 0.263 e. The Balaban J connectivity index is 1.82. The van der Waals surface area contributed by atoms with E-state index < -0.39 is 0 Å². The summed E-state index contributed by atoms with van der Waals surface area (Å²) in [5.74, 6) is 0.125. The van der Waals surface area contributed by atoms with E-state index in [9.17, 15) is 4.79 Å². The molecule has 0 saturated carbocycles. The van der Waals surface area contributed by atoms with Crippen LogP contribution < -0.4 is 0 Å². The smallest absolute Gasteiger partial charge is 0.263 e. The lowest BCUT2D eigenvalue weighted by atomic mass is 10.4. The zero-order valence-electron chi connectivity index (χ0n) is 9.99. The second-order valence-electron chi connectivity index (χ2n) is 4.38. The summed E-state index contributed by atoms with van der Waals surface area (Å²) < 4.78 is 1.01. The summed E-state index contributed by atoms with van der Waals surface area (Å²) in [6.45, 7) is 4.18. The fourth-order valence-corrected chi connectivity index (χ4v) is 3.40. The fourth-order valence-electron chi connectivity index (χ4n) is 2.02. The van der Waals surface area contributed by atoms with Gasteiger partial charge in [0.05, 0.1) is 8.66 Å². The van der Waals surface area contributed by atoms with E-state index in [1.165, 1.54) is 37.3 Å². The van der Waals surface area contributed by atoms with Crippen molar-refractivity contribution in [1.82, 2.24) is 9.80 Å². The van der Waals surface area contributed by atoms with E-state index in [4.69, 9.17) is 0 Å². The predicted molar refractivity (Wildman–Crippen MR) is 74.7 cm³/mol. The quantitative estimate of drug-likeness (QED) is 0.852. The highest BCUT2D eigenvalue weighted by Gasteiger charge is 2.16. The molecule has 2 heterocycles. The molecule has 0 unspecified atom stereocenters. The first-order valence-corrected chi connectivity index (χ1v) is 7.51. The molecule has 5 heteroatoms. The predicted octanol–water partition coefficient (Wildman–Crippen LogP) is 2.68. The van der Waals surface area contributed by atoms with E-state index in [1.54, 1.807) is 0 Å². The number of likely N-dealkylation sites (N-methyl/N-ethyl adjacent to an activating group) is 1. The lowest BCUT2D eigenvalue weighted by Gasteiger charge is -2.20. The zero-order valence-corrected chi connectivity index (χ0v) is 12.4. The zero-order chi connectivity index (χ0) is 12.3. The average molecular weight is 317 g/mol. The van der Waals surface area contributed by atoms with Crippen molar-refractivity contribution in [2.45, 2.75) is 12.8 Å². The third-order valence-electron chi connectivity index (χ3n) is 3.08. The molecule has 2 rings (SSSR count). The number of rotatable bonds is 4. The van der Waals surface area contributed by atoms with Crippen molar-refractivity contribution in [3.63, 3.8) is 0 Å². The molecule has 1 fully saturated rings. The molecule has 1 aromatic rings. The number of nitrogens with zero attached hydrogens (tertiary/aromatic N) is 2. The molecule has 17 heavy (non-hydrogen) atoms. The number of likely N-dealkylation sites (tertiary alicyclic amines) is 1. The van der Waals surface area contributed by atoms with Gasteiger partial charge in [-0.05, 0) is 54.0 Å². The summed E-state index contributed by atoms with van der Waals surface area (Å²) in [6.07, 6.45) is 2.60. The van der Waals surface area contributed by atoms with Gasteiger partial charge in [-0.25, -0.2) is 0 Å². The lowest BCUT2D eigenvalue weighted by molar-refractivity contribution is 0.0787. The van der Waals surface area contributed by atoms with Crippen LogP contribution in [0.5, 0.6) is 0 Å². The van der Waals surface area contributed by atoms with Crippen molar-refractivity contribution in [3.05, 3.63) is 20.8 Å². The Labute approximate surface area is 115 Å². The number of hydrogen-bond acceptors (Lipinski definition) is 3. The third-order valence-corrected chi connectivity index (χ3v) is 4.69. The molecule has 0 N–H and O–H groups in total. The highest BCUT2D eigenvalue weighted by Crippen LogP contribution is 2.23. The molecular weight excluding hydrogens is 300 g/mol. The maximum absolute atomic E-state index is 12.1. The standard InChI is InChI=1S/C12H17BrN2OS/c1-14(8-9-15-6-2-3-7-15)12(16)10-4-5-11(13)17-10/h4-5H,2-3,6-9H2,1H3. The molecule has 0 atom stereocenters. The van der Waals surface area contributed by atoms with Gasteiger partial charge in [-0.15, -0.1) is 11.3 Å². The Morgan fingerprint density at radius 1 is 1.47 bits per heavy atom. The number of halogens is 1. The van der Waals surface area contributed by atoms with E-state index in [-0.39, 0.29) is 5.91 Å². The average Bonchev–Trinajstić information content (AvgIpc) is 2.95. The van der Waals surface area contributed by atoms with Gasteiger partial charge in [0.15, 0.2) is 0 Å². The Hall–Kier alpha value is -0.390. The van der Waals surface area contributed by atoms with Gasteiger partial charge in [0, 0.05) is 20.1 Å². The van der Waals surface area contributed by atoms with Crippen LogP contribution in [-0.2, 0) is 0 Å². The van der Waals surface area contributed by atoms with Gasteiger partial charge in [0.25, 0.3) is 5.91 Å². The number of hydrogen-bond donors (Lipinski definition) is 0. The third kappa shape index (κ3) is 3.53. The van der Waals surface area contributed by atoms with Crippen molar-refractivity contribution in [2.24, 2.45) is 0 Å². The SMILES string of the molecule is CN(CCN1CCCC1)C(=O)c1ccc(Br)s1. The van der Waals surface area contributed by atoms with Crippen LogP contribution in [0.25, 0.3) is 0 Å². The molecule has 0 aromatic carbocycles. The monoisotopic (exact) mass is 316 g/mol. The normalized spacial score (nSPS) is 16.4. The minimum Gasteiger partial charge on any atom is -0.340 e. The molecule has 0 bridgehead atoms. The highest BCUT2D eigenvalue weighted by atomic mass is 79.9. The highest BCUT2D eigenvalue weighted by molar-refractivity contribution is 9.11. The van der Waals surface area contributed by atoms with Crippen molar-refractivity contribution in [1.29, 1.82) is 0 Å². The maximum atomic E-state index is 12.1.